The largest absolute Gasteiger partial charge is 0.547 e. The maximum absolute atomic E-state index is 13.4. The molecule has 2 atom stereocenters. The number of aromatic carboxylic acids is 1. The number of nitrogens with one attached hydrogen (secondary N) is 3. The molecule has 1 aliphatic heterocycles. The molecule has 0 spiro atoms. The fourth-order valence-electron chi connectivity index (χ4n) is 3.95. The van der Waals surface area contributed by atoms with E-state index in [-0.39, 0.29) is 34.2 Å². The Kier molecular flexibility index (Phi) is 7.51. The number of benzene rings is 2. The fraction of sp³-hybridized carbons (Fsp3) is 0.130. The molecule has 3 aromatic rings. The number of amides is 2. The minimum atomic E-state index is -4.58. The molecule has 0 fully saturated rings. The molecule has 4 rings (SSSR count). The Morgan fingerprint density at radius 1 is 1.05 bits per heavy atom. The van der Waals surface area contributed by atoms with Crippen molar-refractivity contribution in [2.45, 2.75) is 18.4 Å². The summed E-state index contributed by atoms with van der Waals surface area (Å²) in [7, 11) is -6.21. The van der Waals surface area contributed by atoms with E-state index in [1.165, 1.54) is 42.6 Å². The normalized spacial score (nSPS) is 15.6. The van der Waals surface area contributed by atoms with Crippen molar-refractivity contribution < 1.29 is 43.5 Å². The van der Waals surface area contributed by atoms with Gasteiger partial charge < -0.3 is 40.2 Å². The highest BCUT2D eigenvalue weighted by Crippen LogP contribution is 2.33. The predicted octanol–water partition coefficient (Wildman–Crippen LogP) is -0.513. The zero-order chi connectivity index (χ0) is 27.6. The molecule has 0 bridgehead atoms. The van der Waals surface area contributed by atoms with Crippen LogP contribution >= 0.6 is 7.60 Å². The lowest BCUT2D eigenvalue weighted by Crippen LogP contribution is -2.55. The van der Waals surface area contributed by atoms with E-state index in [4.69, 9.17) is 4.65 Å². The molecule has 2 aromatic carbocycles. The second-order valence-electron chi connectivity index (χ2n) is 8.38. The average Bonchev–Trinajstić information content (AvgIpc) is 2.87. The van der Waals surface area contributed by atoms with E-state index in [0.29, 0.717) is 5.56 Å². The SMILES string of the molecule is O=C(O)c1cccc2c1OB(O)[C@@H](NC(=O)C(NC(=O)c1ccc[nH]c1=O)c1ccc(P(=O)(O)O)cc1)C2. The highest BCUT2D eigenvalue weighted by atomic mass is 31.2. The van der Waals surface area contributed by atoms with Gasteiger partial charge in [-0.1, -0.05) is 24.3 Å². The van der Waals surface area contributed by atoms with Crippen molar-refractivity contribution in [2.75, 3.05) is 0 Å². The van der Waals surface area contributed by atoms with Crippen LogP contribution in [0.5, 0.6) is 5.75 Å². The van der Waals surface area contributed by atoms with Crippen molar-refractivity contribution in [3.8, 4) is 5.75 Å². The quantitative estimate of drug-likeness (QED) is 0.150. The van der Waals surface area contributed by atoms with Crippen LogP contribution in [-0.2, 0) is 15.8 Å². The van der Waals surface area contributed by atoms with Crippen LogP contribution in [0, 0.1) is 0 Å². The lowest BCUT2D eigenvalue weighted by molar-refractivity contribution is -0.123. The minimum absolute atomic E-state index is 0.000472. The highest BCUT2D eigenvalue weighted by Gasteiger charge is 2.39. The standard InChI is InChI=1S/C23H21BN3O10P/c28-20-16(5-2-10-25-20)21(29)27-18(12-6-8-14(9-7-12)38(34,35)36)22(30)26-17-11-13-3-1-4-15(23(31)32)19(13)37-24(17)33/h1-10,17-18,33H,11H2,(H,25,28)(H,26,30)(H,27,29)(H,31,32)(H2,34,35,36)/t17-,18?/m0/s1. The number of hydrogen-bond acceptors (Lipinski definition) is 7. The molecular weight excluding hydrogens is 520 g/mol. The summed E-state index contributed by atoms with van der Waals surface area (Å²) in [6.07, 6.45) is 1.32. The van der Waals surface area contributed by atoms with Crippen molar-refractivity contribution in [1.82, 2.24) is 15.6 Å². The smallest absolute Gasteiger partial charge is 0.534 e. The van der Waals surface area contributed by atoms with Gasteiger partial charge in [-0.15, -0.1) is 0 Å². The van der Waals surface area contributed by atoms with Crippen LogP contribution in [0.25, 0.3) is 0 Å². The third kappa shape index (κ3) is 5.68. The summed E-state index contributed by atoms with van der Waals surface area (Å²) in [5, 5.41) is 24.5. The molecule has 0 radical (unpaired) electrons. The van der Waals surface area contributed by atoms with E-state index in [0.717, 1.165) is 12.1 Å². The molecule has 196 valence electrons. The van der Waals surface area contributed by atoms with Gasteiger partial charge in [0.1, 0.15) is 17.4 Å². The first-order valence-corrected chi connectivity index (χ1v) is 12.7. The third-order valence-electron chi connectivity index (χ3n) is 5.84. The summed E-state index contributed by atoms with van der Waals surface area (Å²) in [5.41, 5.74) is -0.603. The summed E-state index contributed by atoms with van der Waals surface area (Å²) < 4.78 is 16.9. The number of aromatic amines is 1. The van der Waals surface area contributed by atoms with Crippen LogP contribution < -0.4 is 26.2 Å². The molecule has 7 N–H and O–H groups in total. The Bertz CT molecular complexity index is 1500. The monoisotopic (exact) mass is 541 g/mol. The zero-order valence-corrected chi connectivity index (χ0v) is 20.3. The lowest BCUT2D eigenvalue weighted by atomic mass is 9.72. The minimum Gasteiger partial charge on any atom is -0.534 e. The van der Waals surface area contributed by atoms with Crippen LogP contribution in [0.3, 0.4) is 0 Å². The molecule has 0 aliphatic carbocycles. The Balaban J connectivity index is 1.62. The predicted molar refractivity (Wildman–Crippen MR) is 133 cm³/mol. The number of carbonyl (C=O) groups is 3. The van der Waals surface area contributed by atoms with Crippen molar-refractivity contribution in [2.24, 2.45) is 0 Å². The summed E-state index contributed by atoms with van der Waals surface area (Å²) in [5.74, 6) is -4.07. The maximum atomic E-state index is 13.4. The number of rotatable bonds is 7. The zero-order valence-electron chi connectivity index (χ0n) is 19.4. The molecule has 2 heterocycles. The number of aromatic nitrogens is 1. The number of fused-ring (bicyclic) bond motifs is 1. The second kappa shape index (κ2) is 10.6. The Morgan fingerprint density at radius 2 is 1.74 bits per heavy atom. The highest BCUT2D eigenvalue weighted by molar-refractivity contribution is 7.60. The van der Waals surface area contributed by atoms with E-state index in [2.05, 4.69) is 15.6 Å². The first-order valence-electron chi connectivity index (χ1n) is 11.1. The van der Waals surface area contributed by atoms with Crippen molar-refractivity contribution >= 4 is 37.8 Å². The number of hydrogen-bond donors (Lipinski definition) is 7. The summed E-state index contributed by atoms with van der Waals surface area (Å²) in [4.78, 5) is 70.8. The van der Waals surface area contributed by atoms with E-state index in [9.17, 15) is 43.7 Å². The third-order valence-corrected chi connectivity index (χ3v) is 6.81. The Morgan fingerprint density at radius 3 is 2.37 bits per heavy atom. The Labute approximate surface area is 214 Å². The van der Waals surface area contributed by atoms with Gasteiger partial charge in [-0.3, -0.25) is 18.9 Å². The number of carboxylic acids is 1. The van der Waals surface area contributed by atoms with E-state index in [1.807, 2.05) is 0 Å². The van der Waals surface area contributed by atoms with Gasteiger partial charge in [0.25, 0.3) is 11.5 Å². The molecule has 1 aromatic heterocycles. The molecule has 1 unspecified atom stereocenters. The van der Waals surface area contributed by atoms with E-state index >= 15 is 0 Å². The summed E-state index contributed by atoms with van der Waals surface area (Å²) >= 11 is 0. The van der Waals surface area contributed by atoms with Gasteiger partial charge in [-0.05, 0) is 47.9 Å². The van der Waals surface area contributed by atoms with Crippen LogP contribution in [-0.4, -0.2) is 55.7 Å². The number of carbonyl (C=O) groups excluding carboxylic acids is 2. The van der Waals surface area contributed by atoms with E-state index in [1.54, 1.807) is 6.07 Å². The number of H-pyrrole nitrogens is 1. The van der Waals surface area contributed by atoms with Crippen molar-refractivity contribution in [3.05, 3.63) is 93.4 Å². The molecule has 0 saturated carbocycles. The molecular formula is C23H21BN3O10P. The average molecular weight is 541 g/mol. The summed E-state index contributed by atoms with van der Waals surface area (Å²) in [6, 6.07) is 10.2. The van der Waals surface area contributed by atoms with Gasteiger partial charge >= 0.3 is 20.7 Å². The molecule has 0 saturated heterocycles. The molecule has 15 heteroatoms. The molecule has 13 nitrogen and oxygen atoms in total. The van der Waals surface area contributed by atoms with Gasteiger partial charge in [-0.25, -0.2) is 4.79 Å². The van der Waals surface area contributed by atoms with E-state index < -0.39 is 50.0 Å². The molecule has 2 amide bonds. The van der Waals surface area contributed by atoms with Gasteiger partial charge in [0, 0.05) is 6.20 Å². The second-order valence-corrected chi connectivity index (χ2v) is 9.99. The fourth-order valence-corrected chi connectivity index (χ4v) is 4.49. The first kappa shape index (κ1) is 26.8. The van der Waals surface area contributed by atoms with Gasteiger partial charge in [0.15, 0.2) is 0 Å². The Hall–Kier alpha value is -4.23. The van der Waals surface area contributed by atoms with Crippen molar-refractivity contribution in [1.29, 1.82) is 0 Å². The topological polar surface area (TPSA) is 215 Å². The first-order chi connectivity index (χ1) is 18.0. The van der Waals surface area contributed by atoms with Crippen LogP contribution in [0.2, 0.25) is 0 Å². The van der Waals surface area contributed by atoms with Gasteiger partial charge in [-0.2, -0.15) is 0 Å². The molecule has 1 aliphatic rings. The van der Waals surface area contributed by atoms with Crippen molar-refractivity contribution in [3.63, 3.8) is 0 Å². The lowest BCUT2D eigenvalue weighted by Gasteiger charge is -2.30. The van der Waals surface area contributed by atoms with Crippen LogP contribution in [0.15, 0.2) is 65.6 Å². The van der Waals surface area contributed by atoms with Gasteiger partial charge in [0.2, 0.25) is 5.91 Å². The van der Waals surface area contributed by atoms with Gasteiger partial charge in [0.05, 0.1) is 16.8 Å². The molecule has 38 heavy (non-hydrogen) atoms. The number of pyridine rings is 1. The summed E-state index contributed by atoms with van der Waals surface area (Å²) in [6.45, 7) is 0. The number of carboxylic acid groups (broad SMARTS) is 1. The maximum Gasteiger partial charge on any atom is 0.547 e. The number of para-hydroxylation sites is 1. The van der Waals surface area contributed by atoms with Crippen LogP contribution in [0.1, 0.15) is 37.9 Å². The van der Waals surface area contributed by atoms with Crippen LogP contribution in [0.4, 0.5) is 0 Å².